The van der Waals surface area contributed by atoms with Gasteiger partial charge in [-0.15, -0.1) is 0 Å². The van der Waals surface area contributed by atoms with E-state index >= 15 is 0 Å². The van der Waals surface area contributed by atoms with E-state index in [9.17, 15) is 4.79 Å². The summed E-state index contributed by atoms with van der Waals surface area (Å²) in [6.45, 7) is 1.91. The molecule has 0 radical (unpaired) electrons. The standard InChI is InChI=1S/C16H16O2/c1-12(14-10-6-7-11-15(14)18-2)16(17)13-8-4-3-5-9-13/h3-12H,1-2H3. The lowest BCUT2D eigenvalue weighted by Crippen LogP contribution is -2.10. The summed E-state index contributed by atoms with van der Waals surface area (Å²) in [4.78, 5) is 12.4. The minimum Gasteiger partial charge on any atom is -0.496 e. The van der Waals surface area contributed by atoms with Gasteiger partial charge in [0.05, 0.1) is 7.11 Å². The highest BCUT2D eigenvalue weighted by Gasteiger charge is 2.19. The summed E-state index contributed by atoms with van der Waals surface area (Å²) >= 11 is 0. The van der Waals surface area contributed by atoms with Crippen molar-refractivity contribution in [3.05, 3.63) is 65.7 Å². The largest absolute Gasteiger partial charge is 0.496 e. The summed E-state index contributed by atoms with van der Waals surface area (Å²) in [5, 5.41) is 0. The van der Waals surface area contributed by atoms with Gasteiger partial charge in [-0.1, -0.05) is 55.5 Å². The predicted octanol–water partition coefficient (Wildman–Crippen LogP) is 3.68. The molecule has 2 nitrogen and oxygen atoms in total. The maximum Gasteiger partial charge on any atom is 0.170 e. The number of benzene rings is 2. The van der Waals surface area contributed by atoms with Crippen LogP contribution >= 0.6 is 0 Å². The number of carbonyl (C=O) groups excluding carboxylic acids is 1. The molecule has 1 unspecified atom stereocenters. The Morgan fingerprint density at radius 2 is 1.61 bits per heavy atom. The Morgan fingerprint density at radius 1 is 1.00 bits per heavy atom. The molecule has 0 saturated carbocycles. The Balaban J connectivity index is 2.31. The van der Waals surface area contributed by atoms with Crippen molar-refractivity contribution in [2.45, 2.75) is 12.8 Å². The summed E-state index contributed by atoms with van der Waals surface area (Å²) in [6, 6.07) is 17.0. The minimum atomic E-state index is -0.205. The summed E-state index contributed by atoms with van der Waals surface area (Å²) in [7, 11) is 1.62. The van der Waals surface area contributed by atoms with Gasteiger partial charge in [-0.25, -0.2) is 0 Å². The van der Waals surface area contributed by atoms with Crippen molar-refractivity contribution in [1.82, 2.24) is 0 Å². The molecule has 0 spiro atoms. The van der Waals surface area contributed by atoms with Crippen LogP contribution in [0.2, 0.25) is 0 Å². The van der Waals surface area contributed by atoms with Gasteiger partial charge in [0.2, 0.25) is 0 Å². The molecular formula is C16H16O2. The molecule has 2 heteroatoms. The average molecular weight is 240 g/mol. The quantitative estimate of drug-likeness (QED) is 0.762. The van der Waals surface area contributed by atoms with Crippen LogP contribution in [-0.4, -0.2) is 12.9 Å². The normalized spacial score (nSPS) is 11.9. The maximum absolute atomic E-state index is 12.4. The number of ketones is 1. The van der Waals surface area contributed by atoms with Gasteiger partial charge in [-0.3, -0.25) is 4.79 Å². The van der Waals surface area contributed by atoms with E-state index in [4.69, 9.17) is 4.74 Å². The predicted molar refractivity (Wildman–Crippen MR) is 72.2 cm³/mol. The number of para-hydroxylation sites is 1. The fourth-order valence-electron chi connectivity index (χ4n) is 2.02. The average Bonchev–Trinajstić information content (AvgIpc) is 2.46. The third-order valence-electron chi connectivity index (χ3n) is 3.06. The maximum atomic E-state index is 12.4. The third-order valence-corrected chi connectivity index (χ3v) is 3.06. The number of Topliss-reactive ketones (excluding diaryl/α,β-unsaturated/α-hetero) is 1. The second-order valence-corrected chi connectivity index (χ2v) is 4.19. The second-order valence-electron chi connectivity index (χ2n) is 4.19. The lowest BCUT2D eigenvalue weighted by atomic mass is 9.92. The molecule has 0 aromatic heterocycles. The van der Waals surface area contributed by atoms with Crippen molar-refractivity contribution in [3.8, 4) is 5.75 Å². The fourth-order valence-corrected chi connectivity index (χ4v) is 2.02. The van der Waals surface area contributed by atoms with Crippen molar-refractivity contribution in [3.63, 3.8) is 0 Å². The van der Waals surface area contributed by atoms with E-state index in [0.29, 0.717) is 0 Å². The van der Waals surface area contributed by atoms with Crippen LogP contribution in [0.3, 0.4) is 0 Å². The highest BCUT2D eigenvalue weighted by atomic mass is 16.5. The van der Waals surface area contributed by atoms with Crippen LogP contribution in [0.25, 0.3) is 0 Å². The van der Waals surface area contributed by atoms with Gasteiger partial charge in [0.1, 0.15) is 5.75 Å². The van der Waals surface area contributed by atoms with Gasteiger partial charge in [0, 0.05) is 17.0 Å². The van der Waals surface area contributed by atoms with Crippen molar-refractivity contribution >= 4 is 5.78 Å². The number of carbonyl (C=O) groups is 1. The lowest BCUT2D eigenvalue weighted by molar-refractivity contribution is 0.0965. The molecule has 18 heavy (non-hydrogen) atoms. The van der Waals surface area contributed by atoms with Gasteiger partial charge < -0.3 is 4.74 Å². The molecule has 0 aliphatic carbocycles. The Labute approximate surface area is 107 Å². The molecule has 1 atom stereocenters. The van der Waals surface area contributed by atoms with Crippen LogP contribution in [0.15, 0.2) is 54.6 Å². The van der Waals surface area contributed by atoms with Crippen LogP contribution in [0.5, 0.6) is 5.75 Å². The number of hydrogen-bond donors (Lipinski definition) is 0. The fraction of sp³-hybridized carbons (Fsp3) is 0.188. The third kappa shape index (κ3) is 2.43. The summed E-state index contributed by atoms with van der Waals surface area (Å²) in [6.07, 6.45) is 0. The van der Waals surface area contributed by atoms with Crippen molar-refractivity contribution in [2.24, 2.45) is 0 Å². The van der Waals surface area contributed by atoms with Gasteiger partial charge in [-0.05, 0) is 6.07 Å². The zero-order valence-electron chi connectivity index (χ0n) is 10.6. The van der Waals surface area contributed by atoms with Crippen molar-refractivity contribution < 1.29 is 9.53 Å². The van der Waals surface area contributed by atoms with E-state index in [-0.39, 0.29) is 11.7 Å². The Morgan fingerprint density at radius 3 is 2.28 bits per heavy atom. The first-order valence-corrected chi connectivity index (χ1v) is 5.96. The van der Waals surface area contributed by atoms with Gasteiger partial charge in [0.25, 0.3) is 0 Å². The number of methoxy groups -OCH3 is 1. The summed E-state index contributed by atoms with van der Waals surface area (Å²) < 4.78 is 5.30. The first kappa shape index (κ1) is 12.4. The van der Waals surface area contributed by atoms with Crippen LogP contribution in [0.1, 0.15) is 28.8 Å². The Kier molecular flexibility index (Phi) is 3.78. The van der Waals surface area contributed by atoms with Gasteiger partial charge >= 0.3 is 0 Å². The van der Waals surface area contributed by atoms with E-state index in [1.165, 1.54) is 0 Å². The minimum absolute atomic E-state index is 0.111. The first-order valence-electron chi connectivity index (χ1n) is 5.96. The van der Waals surface area contributed by atoms with E-state index in [1.807, 2.05) is 61.5 Å². The smallest absolute Gasteiger partial charge is 0.170 e. The molecule has 0 N–H and O–H groups in total. The number of rotatable bonds is 4. The molecule has 0 fully saturated rings. The zero-order chi connectivity index (χ0) is 13.0. The van der Waals surface area contributed by atoms with Crippen LogP contribution in [0, 0.1) is 0 Å². The van der Waals surface area contributed by atoms with Gasteiger partial charge in [-0.2, -0.15) is 0 Å². The van der Waals surface area contributed by atoms with Crippen molar-refractivity contribution in [2.75, 3.05) is 7.11 Å². The summed E-state index contributed by atoms with van der Waals surface area (Å²) in [5.41, 5.74) is 1.66. The van der Waals surface area contributed by atoms with E-state index in [2.05, 4.69) is 0 Å². The molecule has 0 amide bonds. The monoisotopic (exact) mass is 240 g/mol. The van der Waals surface area contributed by atoms with E-state index < -0.39 is 0 Å². The summed E-state index contributed by atoms with van der Waals surface area (Å²) in [5.74, 6) is 0.665. The van der Waals surface area contributed by atoms with Crippen LogP contribution in [0.4, 0.5) is 0 Å². The Hall–Kier alpha value is -2.09. The Bertz CT molecular complexity index is 532. The molecule has 0 heterocycles. The van der Waals surface area contributed by atoms with Crippen LogP contribution < -0.4 is 4.74 Å². The SMILES string of the molecule is COc1ccccc1C(C)C(=O)c1ccccc1. The molecule has 2 aromatic rings. The highest BCUT2D eigenvalue weighted by molar-refractivity contribution is 6.01. The highest BCUT2D eigenvalue weighted by Crippen LogP contribution is 2.28. The van der Waals surface area contributed by atoms with Crippen molar-refractivity contribution in [1.29, 1.82) is 0 Å². The number of ether oxygens (including phenoxy) is 1. The molecule has 0 saturated heterocycles. The lowest BCUT2D eigenvalue weighted by Gasteiger charge is -2.14. The molecule has 0 bridgehead atoms. The first-order chi connectivity index (χ1) is 8.74. The molecule has 0 aliphatic rings. The molecular weight excluding hydrogens is 224 g/mol. The molecule has 0 aliphatic heterocycles. The second kappa shape index (κ2) is 5.50. The van der Waals surface area contributed by atoms with E-state index in [1.54, 1.807) is 7.11 Å². The number of hydrogen-bond acceptors (Lipinski definition) is 2. The zero-order valence-corrected chi connectivity index (χ0v) is 10.6. The molecule has 2 aromatic carbocycles. The van der Waals surface area contributed by atoms with Crippen LogP contribution in [-0.2, 0) is 0 Å². The molecule has 92 valence electrons. The van der Waals surface area contributed by atoms with E-state index in [0.717, 1.165) is 16.9 Å². The topological polar surface area (TPSA) is 26.3 Å². The molecule has 2 rings (SSSR count). The van der Waals surface area contributed by atoms with Gasteiger partial charge in [0.15, 0.2) is 5.78 Å².